The third-order valence-corrected chi connectivity index (χ3v) is 3.83. The molecule has 0 spiro atoms. The van der Waals surface area contributed by atoms with E-state index in [1.54, 1.807) is 37.6 Å². The number of nitrogens with zero attached hydrogens (tertiary/aromatic N) is 1. The number of hydrogen-bond donors (Lipinski definition) is 1. The quantitative estimate of drug-likeness (QED) is 0.726. The van der Waals surface area contributed by atoms with E-state index < -0.39 is 11.9 Å². The van der Waals surface area contributed by atoms with E-state index in [2.05, 4.69) is 5.32 Å². The van der Waals surface area contributed by atoms with Gasteiger partial charge in [0.1, 0.15) is 5.75 Å². The third kappa shape index (κ3) is 3.63. The van der Waals surface area contributed by atoms with Gasteiger partial charge in [0.2, 0.25) is 0 Å². The highest BCUT2D eigenvalue weighted by Crippen LogP contribution is 2.21. The van der Waals surface area contributed by atoms with Crippen molar-refractivity contribution in [1.82, 2.24) is 4.57 Å². The van der Waals surface area contributed by atoms with E-state index in [0.717, 1.165) is 10.9 Å². The molecule has 0 atom stereocenters. The Morgan fingerprint density at radius 3 is 2.52 bits per heavy atom. The fourth-order valence-corrected chi connectivity index (χ4v) is 2.58. The molecule has 0 fully saturated rings. The lowest BCUT2D eigenvalue weighted by atomic mass is 10.2. The van der Waals surface area contributed by atoms with E-state index >= 15 is 0 Å². The molecule has 0 saturated heterocycles. The highest BCUT2D eigenvalue weighted by Gasteiger charge is 2.16. The Bertz CT molecular complexity index is 913. The van der Waals surface area contributed by atoms with E-state index in [9.17, 15) is 9.59 Å². The Kier molecular flexibility index (Phi) is 4.70. The number of anilines is 1. The maximum atomic E-state index is 12.3. The maximum absolute atomic E-state index is 12.3. The summed E-state index contributed by atoms with van der Waals surface area (Å²) in [7, 11) is 3.43. The minimum absolute atomic E-state index is 0.353. The van der Waals surface area contributed by atoms with Gasteiger partial charge in [-0.1, -0.05) is 18.2 Å². The molecule has 1 amide bonds. The normalized spacial score (nSPS) is 10.5. The molecule has 0 unspecified atom stereocenters. The molecule has 2 aromatic carbocycles. The monoisotopic (exact) mass is 338 g/mol. The first-order valence-electron chi connectivity index (χ1n) is 7.73. The van der Waals surface area contributed by atoms with Gasteiger partial charge in [0.05, 0.1) is 12.7 Å². The Morgan fingerprint density at radius 2 is 1.80 bits per heavy atom. The molecule has 128 valence electrons. The third-order valence-electron chi connectivity index (χ3n) is 3.83. The zero-order valence-corrected chi connectivity index (χ0v) is 14.0. The number of ether oxygens (including phenoxy) is 2. The Balaban J connectivity index is 1.62. The summed E-state index contributed by atoms with van der Waals surface area (Å²) in [4.78, 5) is 24.2. The van der Waals surface area contributed by atoms with Crippen molar-refractivity contribution in [2.45, 2.75) is 0 Å². The van der Waals surface area contributed by atoms with Crippen molar-refractivity contribution >= 4 is 28.5 Å². The number of aromatic nitrogens is 1. The lowest BCUT2D eigenvalue weighted by Gasteiger charge is -2.07. The summed E-state index contributed by atoms with van der Waals surface area (Å²) < 4.78 is 12.0. The second kappa shape index (κ2) is 7.09. The van der Waals surface area contributed by atoms with Gasteiger partial charge in [-0.3, -0.25) is 4.79 Å². The van der Waals surface area contributed by atoms with Crippen molar-refractivity contribution in [3.63, 3.8) is 0 Å². The summed E-state index contributed by atoms with van der Waals surface area (Å²) in [6, 6.07) is 14.4. The molecule has 0 aliphatic rings. The van der Waals surface area contributed by atoms with Crippen LogP contribution in [0.5, 0.6) is 5.75 Å². The van der Waals surface area contributed by atoms with Crippen LogP contribution < -0.4 is 10.1 Å². The van der Waals surface area contributed by atoms with Crippen LogP contribution in [0.2, 0.25) is 0 Å². The fraction of sp³-hybridized carbons (Fsp3) is 0.158. The molecule has 0 saturated carbocycles. The lowest BCUT2D eigenvalue weighted by Crippen LogP contribution is -2.20. The molecule has 0 aliphatic heterocycles. The summed E-state index contributed by atoms with van der Waals surface area (Å²) in [5, 5.41) is 3.46. The molecule has 3 rings (SSSR count). The second-order valence-corrected chi connectivity index (χ2v) is 5.52. The number of carbonyl (C=O) groups excluding carboxylic acids is 2. The van der Waals surface area contributed by atoms with E-state index in [1.165, 1.54) is 0 Å². The molecule has 0 bridgehead atoms. The summed E-state index contributed by atoms with van der Waals surface area (Å²) in [5.74, 6) is -0.235. The van der Waals surface area contributed by atoms with Crippen LogP contribution in [0.1, 0.15) is 10.4 Å². The number of esters is 1. The predicted molar refractivity (Wildman–Crippen MR) is 94.8 cm³/mol. The predicted octanol–water partition coefficient (Wildman–Crippen LogP) is 2.98. The largest absolute Gasteiger partial charge is 0.497 e. The van der Waals surface area contributed by atoms with E-state index in [4.69, 9.17) is 9.47 Å². The molecule has 6 heteroatoms. The standard InChI is InChI=1S/C19H18N2O4/c1-21-11-16(15-5-3-4-6-17(15)21)19(23)25-12-18(22)20-13-7-9-14(24-2)10-8-13/h3-11H,12H2,1-2H3,(H,20,22). The van der Waals surface area contributed by atoms with Crippen LogP contribution in [0, 0.1) is 0 Å². The van der Waals surface area contributed by atoms with Crippen molar-refractivity contribution in [1.29, 1.82) is 0 Å². The number of hydrogen-bond acceptors (Lipinski definition) is 4. The summed E-state index contributed by atoms with van der Waals surface area (Å²) in [6.07, 6.45) is 1.70. The van der Waals surface area contributed by atoms with Gasteiger partial charge in [0.15, 0.2) is 6.61 Å². The van der Waals surface area contributed by atoms with Crippen LogP contribution in [-0.4, -0.2) is 30.2 Å². The topological polar surface area (TPSA) is 69.6 Å². The smallest absolute Gasteiger partial charge is 0.340 e. The number of aryl methyl sites for hydroxylation is 1. The van der Waals surface area contributed by atoms with Crippen LogP contribution in [0.25, 0.3) is 10.9 Å². The van der Waals surface area contributed by atoms with E-state index in [0.29, 0.717) is 17.0 Å². The van der Waals surface area contributed by atoms with Crippen LogP contribution in [-0.2, 0) is 16.6 Å². The molecular formula is C19H18N2O4. The number of amides is 1. The first kappa shape index (κ1) is 16.6. The number of methoxy groups -OCH3 is 1. The Labute approximate surface area is 145 Å². The van der Waals surface area contributed by atoms with Gasteiger partial charge in [-0.2, -0.15) is 0 Å². The SMILES string of the molecule is COc1ccc(NC(=O)COC(=O)c2cn(C)c3ccccc23)cc1. The van der Waals surface area contributed by atoms with Crippen molar-refractivity contribution in [3.8, 4) is 5.75 Å². The summed E-state index contributed by atoms with van der Waals surface area (Å²) in [5.41, 5.74) is 1.97. The number of rotatable bonds is 5. The molecule has 0 radical (unpaired) electrons. The molecule has 3 aromatic rings. The zero-order chi connectivity index (χ0) is 17.8. The number of benzene rings is 2. The van der Waals surface area contributed by atoms with Crippen LogP contribution >= 0.6 is 0 Å². The summed E-state index contributed by atoms with van der Waals surface area (Å²) in [6.45, 7) is -0.353. The van der Waals surface area contributed by atoms with Gasteiger partial charge in [-0.05, 0) is 30.3 Å². The van der Waals surface area contributed by atoms with Crippen molar-refractivity contribution in [2.75, 3.05) is 19.0 Å². The number of fused-ring (bicyclic) bond motifs is 1. The van der Waals surface area contributed by atoms with Gasteiger partial charge in [-0.15, -0.1) is 0 Å². The molecule has 1 N–H and O–H groups in total. The molecule has 25 heavy (non-hydrogen) atoms. The Morgan fingerprint density at radius 1 is 1.08 bits per heavy atom. The Hall–Kier alpha value is -3.28. The van der Waals surface area contributed by atoms with E-state index in [-0.39, 0.29) is 6.61 Å². The molecule has 1 aromatic heterocycles. The highest BCUT2D eigenvalue weighted by atomic mass is 16.5. The van der Waals surface area contributed by atoms with Gasteiger partial charge < -0.3 is 19.4 Å². The molecular weight excluding hydrogens is 320 g/mol. The van der Waals surface area contributed by atoms with Gasteiger partial charge in [0, 0.05) is 29.8 Å². The number of nitrogens with one attached hydrogen (secondary N) is 1. The highest BCUT2D eigenvalue weighted by molar-refractivity contribution is 6.05. The minimum Gasteiger partial charge on any atom is -0.497 e. The van der Waals surface area contributed by atoms with Crippen LogP contribution in [0.4, 0.5) is 5.69 Å². The van der Waals surface area contributed by atoms with Crippen molar-refractivity contribution < 1.29 is 19.1 Å². The number of carbonyl (C=O) groups is 2. The zero-order valence-electron chi connectivity index (χ0n) is 14.0. The lowest BCUT2D eigenvalue weighted by molar-refractivity contribution is -0.119. The van der Waals surface area contributed by atoms with Gasteiger partial charge in [-0.25, -0.2) is 4.79 Å². The average Bonchev–Trinajstić information content (AvgIpc) is 2.98. The maximum Gasteiger partial charge on any atom is 0.340 e. The first-order chi connectivity index (χ1) is 12.1. The second-order valence-electron chi connectivity index (χ2n) is 5.52. The van der Waals surface area contributed by atoms with Crippen LogP contribution in [0.15, 0.2) is 54.7 Å². The van der Waals surface area contributed by atoms with Gasteiger partial charge in [0.25, 0.3) is 5.91 Å². The fourth-order valence-electron chi connectivity index (χ4n) is 2.58. The van der Waals surface area contributed by atoms with E-state index in [1.807, 2.05) is 35.9 Å². The summed E-state index contributed by atoms with van der Waals surface area (Å²) >= 11 is 0. The molecule has 6 nitrogen and oxygen atoms in total. The van der Waals surface area contributed by atoms with Gasteiger partial charge >= 0.3 is 5.97 Å². The average molecular weight is 338 g/mol. The minimum atomic E-state index is -0.526. The van der Waals surface area contributed by atoms with Crippen LogP contribution in [0.3, 0.4) is 0 Å². The van der Waals surface area contributed by atoms with Crippen molar-refractivity contribution in [2.24, 2.45) is 7.05 Å². The molecule has 1 heterocycles. The number of para-hydroxylation sites is 1. The molecule has 0 aliphatic carbocycles. The first-order valence-corrected chi connectivity index (χ1v) is 7.73. The van der Waals surface area contributed by atoms with Crippen molar-refractivity contribution in [3.05, 3.63) is 60.3 Å².